The fourth-order valence-corrected chi connectivity index (χ4v) is 3.60. The van der Waals surface area contributed by atoms with Crippen LogP contribution in [0.15, 0.2) is 28.7 Å². The molecule has 0 fully saturated rings. The van der Waals surface area contributed by atoms with E-state index in [2.05, 4.69) is 21.9 Å². The Hall–Kier alpha value is -1.22. The molecule has 2 N–H and O–H groups in total. The number of rotatable bonds is 8. The van der Waals surface area contributed by atoms with Gasteiger partial charge in [-0.25, -0.2) is 18.1 Å². The van der Waals surface area contributed by atoms with E-state index < -0.39 is 10.0 Å². The van der Waals surface area contributed by atoms with Crippen LogP contribution in [0.2, 0.25) is 0 Å². The summed E-state index contributed by atoms with van der Waals surface area (Å²) in [6.07, 6.45) is 4.34. The number of sulfonamides is 1. The molecule has 0 aliphatic heterocycles. The molecule has 116 valence electrons. The maximum atomic E-state index is 12.3. The molecule has 0 unspecified atom stereocenters. The van der Waals surface area contributed by atoms with E-state index in [1.807, 2.05) is 17.0 Å². The Labute approximate surface area is 129 Å². The lowest BCUT2D eigenvalue weighted by Gasteiger charge is -2.03. The van der Waals surface area contributed by atoms with Crippen molar-refractivity contribution in [1.29, 1.82) is 0 Å². The Morgan fingerprint density at radius 2 is 2.19 bits per heavy atom. The fourth-order valence-electron chi connectivity index (χ4n) is 1.87. The number of nitrogens with one attached hydrogen (secondary N) is 2. The molecule has 2 aromatic heterocycles. The van der Waals surface area contributed by atoms with Gasteiger partial charge in [-0.2, -0.15) is 0 Å². The molecule has 8 heteroatoms. The second-order valence-corrected chi connectivity index (χ2v) is 7.45. The molecule has 0 amide bonds. The predicted octanol–water partition coefficient (Wildman–Crippen LogP) is 1.46. The molecule has 0 aliphatic rings. The van der Waals surface area contributed by atoms with Crippen molar-refractivity contribution in [3.63, 3.8) is 0 Å². The molecule has 0 spiro atoms. The lowest BCUT2D eigenvalue weighted by atomic mass is 10.4. The Morgan fingerprint density at radius 3 is 2.86 bits per heavy atom. The van der Waals surface area contributed by atoms with E-state index in [0.29, 0.717) is 6.54 Å². The average molecular weight is 328 g/mol. The number of aryl methyl sites for hydroxylation is 1. The number of hydrogen-bond acceptors (Lipinski definition) is 5. The van der Waals surface area contributed by atoms with E-state index >= 15 is 0 Å². The molecule has 2 aromatic rings. The van der Waals surface area contributed by atoms with E-state index in [1.165, 1.54) is 11.3 Å². The van der Waals surface area contributed by atoms with E-state index in [-0.39, 0.29) is 11.4 Å². The molecule has 21 heavy (non-hydrogen) atoms. The molecule has 6 nitrogen and oxygen atoms in total. The van der Waals surface area contributed by atoms with Crippen LogP contribution >= 0.6 is 11.3 Å². The highest BCUT2D eigenvalue weighted by Gasteiger charge is 2.17. The van der Waals surface area contributed by atoms with Crippen LogP contribution in [-0.2, 0) is 30.2 Å². The molecule has 2 heterocycles. The van der Waals surface area contributed by atoms with Crippen molar-refractivity contribution >= 4 is 21.4 Å². The van der Waals surface area contributed by atoms with Gasteiger partial charge in [0.25, 0.3) is 0 Å². The Bertz CT molecular complexity index is 662. The molecule has 0 saturated carbocycles. The Balaban J connectivity index is 2.04. The summed E-state index contributed by atoms with van der Waals surface area (Å²) in [7, 11) is -1.65. The van der Waals surface area contributed by atoms with Gasteiger partial charge in [0.2, 0.25) is 10.0 Å². The summed E-state index contributed by atoms with van der Waals surface area (Å²) in [6.45, 7) is 3.89. The summed E-state index contributed by atoms with van der Waals surface area (Å²) < 4.78 is 28.9. The molecule has 0 bridgehead atoms. The third-order valence-electron chi connectivity index (χ3n) is 3.02. The lowest BCUT2D eigenvalue weighted by molar-refractivity contribution is 0.581. The van der Waals surface area contributed by atoms with Gasteiger partial charge in [0.1, 0.15) is 5.01 Å². The minimum absolute atomic E-state index is 0.221. The van der Waals surface area contributed by atoms with E-state index in [0.717, 1.165) is 23.7 Å². The number of aromatic nitrogens is 2. The standard InChI is InChI=1S/C13H20N4O2S2/c1-3-4-14-8-11-7-12(10-17(11)2)21(18,19)16-9-13-15-5-6-20-13/h5-7,10,14,16H,3-4,8-9H2,1-2H3. The van der Waals surface area contributed by atoms with Crippen LogP contribution in [0.1, 0.15) is 24.0 Å². The van der Waals surface area contributed by atoms with Crippen molar-refractivity contribution in [2.45, 2.75) is 31.3 Å². The van der Waals surface area contributed by atoms with Crippen LogP contribution in [0.5, 0.6) is 0 Å². The van der Waals surface area contributed by atoms with Crippen LogP contribution in [0.25, 0.3) is 0 Å². The summed E-state index contributed by atoms with van der Waals surface area (Å²) >= 11 is 1.43. The van der Waals surface area contributed by atoms with Crippen molar-refractivity contribution < 1.29 is 8.42 Å². The fraction of sp³-hybridized carbons (Fsp3) is 0.462. The highest BCUT2D eigenvalue weighted by molar-refractivity contribution is 7.89. The zero-order valence-corrected chi connectivity index (χ0v) is 13.8. The SMILES string of the molecule is CCCNCc1cc(S(=O)(=O)NCc2nccs2)cn1C. The summed E-state index contributed by atoms with van der Waals surface area (Å²) in [5, 5.41) is 5.84. The van der Waals surface area contributed by atoms with Crippen molar-refractivity contribution in [3.8, 4) is 0 Å². The van der Waals surface area contributed by atoms with Crippen LogP contribution < -0.4 is 10.0 Å². The van der Waals surface area contributed by atoms with Crippen LogP contribution in [0.4, 0.5) is 0 Å². The summed E-state index contributed by atoms with van der Waals surface area (Å²) in [5.74, 6) is 0. The van der Waals surface area contributed by atoms with Gasteiger partial charge in [0.15, 0.2) is 0 Å². The summed E-state index contributed by atoms with van der Waals surface area (Å²) in [4.78, 5) is 4.35. The van der Waals surface area contributed by atoms with Gasteiger partial charge in [-0.05, 0) is 19.0 Å². The second-order valence-electron chi connectivity index (χ2n) is 4.71. The summed E-state index contributed by atoms with van der Waals surface area (Å²) in [6, 6.07) is 1.70. The topological polar surface area (TPSA) is 76.0 Å². The van der Waals surface area contributed by atoms with Crippen molar-refractivity contribution in [3.05, 3.63) is 34.5 Å². The zero-order chi connectivity index (χ0) is 15.3. The third-order valence-corrected chi connectivity index (χ3v) is 5.17. The van der Waals surface area contributed by atoms with Crippen LogP contribution in [0, 0.1) is 0 Å². The van der Waals surface area contributed by atoms with Gasteiger partial charge in [0.05, 0.1) is 11.4 Å². The Morgan fingerprint density at radius 1 is 1.38 bits per heavy atom. The quantitative estimate of drug-likeness (QED) is 0.719. The first-order chi connectivity index (χ1) is 10.0. The maximum Gasteiger partial charge on any atom is 0.242 e. The van der Waals surface area contributed by atoms with E-state index in [4.69, 9.17) is 0 Å². The second kappa shape index (κ2) is 7.17. The van der Waals surface area contributed by atoms with E-state index in [1.54, 1.807) is 18.5 Å². The van der Waals surface area contributed by atoms with E-state index in [9.17, 15) is 8.42 Å². The minimum atomic E-state index is -3.50. The van der Waals surface area contributed by atoms with Crippen molar-refractivity contribution in [2.75, 3.05) is 6.54 Å². The molecule has 0 saturated heterocycles. The first-order valence-electron chi connectivity index (χ1n) is 6.77. The molecule has 0 aliphatic carbocycles. The third kappa shape index (κ3) is 4.37. The summed E-state index contributed by atoms with van der Waals surface area (Å²) in [5.41, 5.74) is 0.943. The van der Waals surface area contributed by atoms with Gasteiger partial charge >= 0.3 is 0 Å². The normalized spacial score (nSPS) is 11.9. The largest absolute Gasteiger partial charge is 0.352 e. The predicted molar refractivity (Wildman–Crippen MR) is 83.6 cm³/mol. The van der Waals surface area contributed by atoms with Gasteiger partial charge in [0, 0.05) is 37.1 Å². The molecular formula is C13H20N4O2S2. The van der Waals surface area contributed by atoms with Gasteiger partial charge in [-0.15, -0.1) is 11.3 Å². The van der Waals surface area contributed by atoms with Gasteiger partial charge in [-0.1, -0.05) is 6.92 Å². The lowest BCUT2D eigenvalue weighted by Crippen LogP contribution is -2.22. The molecule has 0 aromatic carbocycles. The molecule has 0 atom stereocenters. The number of hydrogen-bond donors (Lipinski definition) is 2. The molecular weight excluding hydrogens is 308 g/mol. The van der Waals surface area contributed by atoms with Crippen molar-refractivity contribution in [2.24, 2.45) is 7.05 Å². The zero-order valence-electron chi connectivity index (χ0n) is 12.2. The van der Waals surface area contributed by atoms with Crippen molar-refractivity contribution in [1.82, 2.24) is 19.6 Å². The van der Waals surface area contributed by atoms with Gasteiger partial charge < -0.3 is 9.88 Å². The maximum absolute atomic E-state index is 12.3. The number of thiazole rings is 1. The highest BCUT2D eigenvalue weighted by atomic mass is 32.2. The molecule has 0 radical (unpaired) electrons. The monoisotopic (exact) mass is 328 g/mol. The first-order valence-corrected chi connectivity index (χ1v) is 9.13. The highest BCUT2D eigenvalue weighted by Crippen LogP contribution is 2.14. The minimum Gasteiger partial charge on any atom is -0.352 e. The van der Waals surface area contributed by atoms with Crippen LogP contribution in [-0.4, -0.2) is 24.5 Å². The smallest absolute Gasteiger partial charge is 0.242 e. The first kappa shape index (κ1) is 16.2. The van der Waals surface area contributed by atoms with Crippen LogP contribution in [0.3, 0.4) is 0 Å². The Kier molecular flexibility index (Phi) is 5.51. The average Bonchev–Trinajstić information content (AvgIpc) is 3.07. The molecule has 2 rings (SSSR count). The number of nitrogens with zero attached hydrogens (tertiary/aromatic N) is 2. The van der Waals surface area contributed by atoms with Gasteiger partial charge in [-0.3, -0.25) is 0 Å².